The maximum Gasteiger partial charge on any atom is 0.416 e. The summed E-state index contributed by atoms with van der Waals surface area (Å²) in [4.78, 5) is 0. The summed E-state index contributed by atoms with van der Waals surface area (Å²) >= 11 is 0. The minimum Gasteiger partial charge on any atom is -0.453 e. The standard InChI is InChI=1S/C21H18F6N4O2/c1-9-4-12(32-18-13(28)5-10(6-14(18)29)20(22,23)24)2-3-17(9)33-19-15(30)7-11(8-16(19)31)21(25,26)27/h2-8H,28-31H2,1H3. The number of benzene rings is 3. The van der Waals surface area contributed by atoms with Gasteiger partial charge in [-0.25, -0.2) is 0 Å². The van der Waals surface area contributed by atoms with Crippen LogP contribution in [0.2, 0.25) is 0 Å². The van der Waals surface area contributed by atoms with E-state index in [1.165, 1.54) is 18.2 Å². The van der Waals surface area contributed by atoms with Crippen molar-refractivity contribution < 1.29 is 35.8 Å². The fourth-order valence-electron chi connectivity index (χ4n) is 2.94. The fraction of sp³-hybridized carbons (Fsp3) is 0.143. The van der Waals surface area contributed by atoms with Crippen LogP contribution in [-0.4, -0.2) is 0 Å². The zero-order valence-corrected chi connectivity index (χ0v) is 16.9. The Bertz CT molecular complexity index is 1160. The average Bonchev–Trinajstić information content (AvgIpc) is 2.67. The molecule has 33 heavy (non-hydrogen) atoms. The van der Waals surface area contributed by atoms with Gasteiger partial charge in [-0.15, -0.1) is 0 Å². The molecule has 0 aliphatic rings. The van der Waals surface area contributed by atoms with Gasteiger partial charge in [-0.05, 0) is 55.0 Å². The molecule has 0 saturated heterocycles. The van der Waals surface area contributed by atoms with E-state index in [2.05, 4.69) is 0 Å². The monoisotopic (exact) mass is 472 g/mol. The second kappa shape index (κ2) is 8.19. The van der Waals surface area contributed by atoms with Gasteiger partial charge in [-0.1, -0.05) is 0 Å². The van der Waals surface area contributed by atoms with Gasteiger partial charge in [-0.2, -0.15) is 26.3 Å². The Morgan fingerprint density at radius 3 is 1.36 bits per heavy atom. The number of hydrogen-bond donors (Lipinski definition) is 4. The summed E-state index contributed by atoms with van der Waals surface area (Å²) < 4.78 is 88.5. The Morgan fingerprint density at radius 1 is 0.606 bits per heavy atom. The highest BCUT2D eigenvalue weighted by Crippen LogP contribution is 2.42. The first kappa shape index (κ1) is 23.7. The Balaban J connectivity index is 1.86. The second-order valence-corrected chi connectivity index (χ2v) is 7.09. The number of aryl methyl sites for hydroxylation is 1. The van der Waals surface area contributed by atoms with Crippen molar-refractivity contribution in [3.8, 4) is 23.0 Å². The van der Waals surface area contributed by atoms with E-state index in [-0.39, 0.29) is 45.7 Å². The Labute approximate surface area is 183 Å². The molecule has 3 aromatic carbocycles. The van der Waals surface area contributed by atoms with Crippen LogP contribution in [0.5, 0.6) is 23.0 Å². The van der Waals surface area contributed by atoms with E-state index in [1.54, 1.807) is 6.92 Å². The van der Waals surface area contributed by atoms with E-state index < -0.39 is 23.5 Å². The third-order valence-corrected chi connectivity index (χ3v) is 4.53. The number of nitrogens with two attached hydrogens (primary N) is 4. The molecule has 3 aromatic rings. The van der Waals surface area contributed by atoms with Crippen LogP contribution >= 0.6 is 0 Å². The lowest BCUT2D eigenvalue weighted by atomic mass is 10.1. The van der Waals surface area contributed by atoms with Crippen LogP contribution in [-0.2, 0) is 12.4 Å². The summed E-state index contributed by atoms with van der Waals surface area (Å²) in [7, 11) is 0. The quantitative estimate of drug-likeness (QED) is 0.275. The minimum absolute atomic E-state index is 0.156. The molecule has 0 unspecified atom stereocenters. The number of rotatable bonds is 4. The smallest absolute Gasteiger partial charge is 0.416 e. The lowest BCUT2D eigenvalue weighted by Gasteiger charge is -2.17. The lowest BCUT2D eigenvalue weighted by molar-refractivity contribution is -0.138. The van der Waals surface area contributed by atoms with Crippen LogP contribution in [0.3, 0.4) is 0 Å². The van der Waals surface area contributed by atoms with Gasteiger partial charge in [0, 0.05) is 0 Å². The molecule has 0 aromatic heterocycles. The number of halogens is 6. The van der Waals surface area contributed by atoms with Crippen molar-refractivity contribution in [3.05, 3.63) is 59.2 Å². The van der Waals surface area contributed by atoms with Crippen molar-refractivity contribution >= 4 is 22.7 Å². The van der Waals surface area contributed by atoms with Crippen LogP contribution in [0.1, 0.15) is 16.7 Å². The highest BCUT2D eigenvalue weighted by molar-refractivity contribution is 5.71. The summed E-state index contributed by atoms with van der Waals surface area (Å²) in [5.41, 5.74) is 19.9. The first-order valence-corrected chi connectivity index (χ1v) is 9.15. The van der Waals surface area contributed by atoms with Crippen LogP contribution in [0.25, 0.3) is 0 Å². The highest BCUT2D eigenvalue weighted by atomic mass is 19.4. The molecule has 176 valence electrons. The van der Waals surface area contributed by atoms with Crippen molar-refractivity contribution in [2.24, 2.45) is 0 Å². The van der Waals surface area contributed by atoms with E-state index in [9.17, 15) is 26.3 Å². The van der Waals surface area contributed by atoms with Crippen molar-refractivity contribution in [3.63, 3.8) is 0 Å². The third-order valence-electron chi connectivity index (χ3n) is 4.53. The SMILES string of the molecule is Cc1cc(Oc2c(N)cc(C(F)(F)F)cc2N)ccc1Oc1c(N)cc(C(F)(F)F)cc1N. The van der Waals surface area contributed by atoms with Gasteiger partial charge in [0.2, 0.25) is 0 Å². The highest BCUT2D eigenvalue weighted by Gasteiger charge is 2.33. The zero-order chi connectivity index (χ0) is 24.7. The second-order valence-electron chi connectivity index (χ2n) is 7.09. The lowest BCUT2D eigenvalue weighted by Crippen LogP contribution is -2.08. The fourth-order valence-corrected chi connectivity index (χ4v) is 2.94. The molecule has 0 amide bonds. The molecule has 0 heterocycles. The minimum atomic E-state index is -4.63. The Morgan fingerprint density at radius 2 is 1.00 bits per heavy atom. The largest absolute Gasteiger partial charge is 0.453 e. The van der Waals surface area contributed by atoms with Crippen LogP contribution in [0, 0.1) is 6.92 Å². The molecule has 6 nitrogen and oxygen atoms in total. The molecule has 0 fully saturated rings. The number of anilines is 4. The van der Waals surface area contributed by atoms with Crippen LogP contribution < -0.4 is 32.4 Å². The van der Waals surface area contributed by atoms with Crippen LogP contribution in [0.15, 0.2) is 42.5 Å². The van der Waals surface area contributed by atoms with E-state index in [4.69, 9.17) is 32.4 Å². The summed E-state index contributed by atoms with van der Waals surface area (Å²) in [6.07, 6.45) is -9.25. The predicted molar refractivity (Wildman–Crippen MR) is 112 cm³/mol. The molecule has 0 bridgehead atoms. The first-order chi connectivity index (χ1) is 15.2. The van der Waals surface area contributed by atoms with Gasteiger partial charge in [0.15, 0.2) is 11.5 Å². The summed E-state index contributed by atoms with van der Waals surface area (Å²) in [6, 6.07) is 7.08. The molecule has 3 rings (SSSR count). The maximum absolute atomic E-state index is 12.9. The predicted octanol–water partition coefficient (Wildman–Crippen LogP) is 5.95. The molecular formula is C21H18F6N4O2. The normalized spacial score (nSPS) is 12.0. The number of hydrogen-bond acceptors (Lipinski definition) is 6. The molecule has 0 radical (unpaired) electrons. The zero-order valence-electron chi connectivity index (χ0n) is 16.9. The average molecular weight is 472 g/mol. The molecule has 0 spiro atoms. The van der Waals surface area contributed by atoms with E-state index in [0.29, 0.717) is 29.8 Å². The Hall–Kier alpha value is -3.96. The van der Waals surface area contributed by atoms with E-state index in [1.807, 2.05) is 0 Å². The van der Waals surface area contributed by atoms with Crippen molar-refractivity contribution in [2.75, 3.05) is 22.9 Å². The van der Waals surface area contributed by atoms with Gasteiger partial charge in [-0.3, -0.25) is 0 Å². The molecule has 0 atom stereocenters. The van der Waals surface area contributed by atoms with Gasteiger partial charge in [0.25, 0.3) is 0 Å². The molecule has 0 aliphatic carbocycles. The summed E-state index contributed by atoms with van der Waals surface area (Å²) in [5, 5.41) is 0. The van der Waals surface area contributed by atoms with Gasteiger partial charge >= 0.3 is 12.4 Å². The van der Waals surface area contributed by atoms with Crippen molar-refractivity contribution in [1.29, 1.82) is 0 Å². The number of alkyl halides is 6. The van der Waals surface area contributed by atoms with E-state index >= 15 is 0 Å². The molecule has 0 aliphatic heterocycles. The van der Waals surface area contributed by atoms with Crippen molar-refractivity contribution in [1.82, 2.24) is 0 Å². The van der Waals surface area contributed by atoms with E-state index in [0.717, 1.165) is 0 Å². The maximum atomic E-state index is 12.9. The van der Waals surface area contributed by atoms with Gasteiger partial charge in [0.05, 0.1) is 33.9 Å². The summed E-state index contributed by atoms with van der Waals surface area (Å²) in [6.45, 7) is 1.60. The van der Waals surface area contributed by atoms with Crippen LogP contribution in [0.4, 0.5) is 49.1 Å². The Kier molecular flexibility index (Phi) is 5.88. The third kappa shape index (κ3) is 5.10. The number of nitrogen functional groups attached to an aromatic ring is 4. The molecule has 12 heteroatoms. The molecular weight excluding hydrogens is 454 g/mol. The van der Waals surface area contributed by atoms with Crippen molar-refractivity contribution in [2.45, 2.75) is 19.3 Å². The van der Waals surface area contributed by atoms with Gasteiger partial charge < -0.3 is 32.4 Å². The summed E-state index contributed by atoms with van der Waals surface area (Å²) in [5.74, 6) is 0.0588. The molecule has 0 saturated carbocycles. The first-order valence-electron chi connectivity index (χ1n) is 9.15. The number of ether oxygens (including phenoxy) is 2. The van der Waals surface area contributed by atoms with Gasteiger partial charge in [0.1, 0.15) is 11.5 Å². The topological polar surface area (TPSA) is 123 Å². The molecule has 8 N–H and O–H groups in total.